The Morgan fingerprint density at radius 3 is 2.25 bits per heavy atom. The number of Topliss-reactive ketones (excluding diaryl/α,β-unsaturated/α-hetero) is 1. The van der Waals surface area contributed by atoms with Gasteiger partial charge in [-0.25, -0.2) is 0 Å². The first kappa shape index (κ1) is 35.1. The number of rotatable bonds is 14. The van der Waals surface area contributed by atoms with E-state index in [9.17, 15) is 14.7 Å². The van der Waals surface area contributed by atoms with Crippen molar-refractivity contribution in [3.8, 4) is 5.75 Å². The van der Waals surface area contributed by atoms with Crippen LogP contribution in [-0.2, 0) is 16.6 Å². The first-order chi connectivity index (χ1) is 23.2. The molecule has 1 aliphatic rings. The zero-order chi connectivity index (χ0) is 34.1. The van der Waals surface area contributed by atoms with Gasteiger partial charge in [-0.15, -0.1) is 0 Å². The van der Waals surface area contributed by atoms with Crippen molar-refractivity contribution in [2.45, 2.75) is 69.9 Å². The summed E-state index contributed by atoms with van der Waals surface area (Å²) >= 11 is 0. The molecule has 0 bridgehead atoms. The second-order valence-electron chi connectivity index (χ2n) is 13.4. The molecule has 1 N–H and O–H groups in total. The molecule has 252 valence electrons. The van der Waals surface area contributed by atoms with Gasteiger partial charge >= 0.3 is 0 Å². The average molecular weight is 648 g/mol. The van der Waals surface area contributed by atoms with Gasteiger partial charge in [-0.1, -0.05) is 72.8 Å². The van der Waals surface area contributed by atoms with E-state index >= 15 is 0 Å². The van der Waals surface area contributed by atoms with Crippen molar-refractivity contribution in [1.29, 1.82) is 0 Å². The largest absolute Gasteiger partial charge is 0.497 e. The summed E-state index contributed by atoms with van der Waals surface area (Å²) in [6.07, 6.45) is 3.14. The number of nitrogens with zero attached hydrogens (tertiary/aromatic N) is 1. The summed E-state index contributed by atoms with van der Waals surface area (Å²) in [6, 6.07) is 33.5. The van der Waals surface area contributed by atoms with Crippen molar-refractivity contribution in [1.82, 2.24) is 4.90 Å². The Kier molecular flexibility index (Phi) is 11.9. The highest BCUT2D eigenvalue weighted by Crippen LogP contribution is 2.41. The Morgan fingerprint density at radius 1 is 0.896 bits per heavy atom. The molecule has 4 aromatic carbocycles. The monoisotopic (exact) mass is 647 g/mol. The van der Waals surface area contributed by atoms with Gasteiger partial charge in [0.25, 0.3) is 5.91 Å². The predicted octanol–water partition coefficient (Wildman–Crippen LogP) is 8.16. The number of ether oxygens (including phenoxy) is 2. The first-order valence-corrected chi connectivity index (χ1v) is 17.1. The quantitative estimate of drug-likeness (QED) is 0.140. The van der Waals surface area contributed by atoms with E-state index in [0.29, 0.717) is 37.2 Å². The molecule has 0 radical (unpaired) electrons. The standard InChI is InChI=1S/C42H49NO5/c1-30-24-34(27-36(25-30)41(46)43(3)31(2)33-14-9-6-10-15-33)40(45)28-35(26-32-12-7-5-8-13-32)39(44)18-19-42(20-22-48-23-21-42)37-16-11-17-38(29-37)47-4/h5-17,24-25,27,29,31,35,39,44H,18-23,26,28H2,1-4H3/t31-,35-,39-/m1/s1. The van der Waals surface area contributed by atoms with Crippen LogP contribution < -0.4 is 4.74 Å². The number of carbonyl (C=O) groups is 2. The highest BCUT2D eigenvalue weighted by Gasteiger charge is 2.36. The van der Waals surface area contributed by atoms with Crippen molar-refractivity contribution in [2.75, 3.05) is 27.4 Å². The number of hydrogen-bond acceptors (Lipinski definition) is 5. The number of hydrogen-bond donors (Lipinski definition) is 1. The lowest BCUT2D eigenvalue weighted by atomic mass is 9.70. The van der Waals surface area contributed by atoms with Gasteiger partial charge in [-0.2, -0.15) is 0 Å². The molecule has 1 amide bonds. The van der Waals surface area contributed by atoms with Crippen LogP contribution in [0, 0.1) is 12.8 Å². The minimum Gasteiger partial charge on any atom is -0.497 e. The molecule has 0 aromatic heterocycles. The van der Waals surface area contributed by atoms with Crippen LogP contribution in [0.5, 0.6) is 5.75 Å². The van der Waals surface area contributed by atoms with Crippen LogP contribution in [0.1, 0.15) is 88.0 Å². The number of aliphatic hydroxyl groups is 1. The molecule has 4 aromatic rings. The van der Waals surface area contributed by atoms with Gasteiger partial charge in [-0.05, 0) is 110 Å². The molecular weight excluding hydrogens is 598 g/mol. The molecule has 1 fully saturated rings. The Hall–Kier alpha value is -4.26. The van der Waals surface area contributed by atoms with Crippen molar-refractivity contribution in [3.63, 3.8) is 0 Å². The van der Waals surface area contributed by atoms with Crippen LogP contribution >= 0.6 is 0 Å². The fraction of sp³-hybridized carbons (Fsp3) is 0.381. The van der Waals surface area contributed by atoms with Gasteiger partial charge in [0, 0.05) is 37.8 Å². The van der Waals surface area contributed by atoms with Crippen LogP contribution in [0.3, 0.4) is 0 Å². The van der Waals surface area contributed by atoms with E-state index in [1.54, 1.807) is 25.1 Å². The SMILES string of the molecule is COc1cccc(C2(CC[C@@H](O)[C@@H](CC(=O)c3cc(C)cc(C(=O)N(C)[C@H](C)c4ccccc4)c3)Cc3ccccc3)CCOCC2)c1. The lowest BCUT2D eigenvalue weighted by molar-refractivity contribution is 0.0313. The smallest absolute Gasteiger partial charge is 0.254 e. The number of amides is 1. The molecule has 6 nitrogen and oxygen atoms in total. The van der Waals surface area contributed by atoms with Crippen molar-refractivity contribution >= 4 is 11.7 Å². The predicted molar refractivity (Wildman–Crippen MR) is 191 cm³/mol. The third-order valence-electron chi connectivity index (χ3n) is 10.2. The van der Waals surface area contributed by atoms with Gasteiger partial charge in [0.05, 0.1) is 19.3 Å². The molecule has 5 rings (SSSR count). The number of ketones is 1. The lowest BCUT2D eigenvalue weighted by Gasteiger charge is -2.39. The zero-order valence-corrected chi connectivity index (χ0v) is 28.7. The Balaban J connectivity index is 1.35. The highest BCUT2D eigenvalue weighted by atomic mass is 16.5. The van der Waals surface area contributed by atoms with Crippen LogP contribution in [-0.4, -0.2) is 55.2 Å². The maximum absolute atomic E-state index is 14.0. The average Bonchev–Trinajstić information content (AvgIpc) is 3.13. The van der Waals surface area contributed by atoms with E-state index in [1.807, 2.05) is 98.8 Å². The fourth-order valence-corrected chi connectivity index (χ4v) is 7.08. The molecule has 0 unspecified atom stereocenters. The number of aliphatic hydroxyl groups excluding tert-OH is 1. The third-order valence-corrected chi connectivity index (χ3v) is 10.2. The molecule has 0 aliphatic carbocycles. The molecule has 1 aliphatic heterocycles. The summed E-state index contributed by atoms with van der Waals surface area (Å²) in [4.78, 5) is 29.4. The van der Waals surface area contributed by atoms with Gasteiger partial charge in [-0.3, -0.25) is 9.59 Å². The zero-order valence-electron chi connectivity index (χ0n) is 28.7. The summed E-state index contributed by atoms with van der Waals surface area (Å²) in [7, 11) is 3.48. The van der Waals surface area contributed by atoms with Crippen LogP contribution in [0.4, 0.5) is 0 Å². The summed E-state index contributed by atoms with van der Waals surface area (Å²) in [5.74, 6) is 0.329. The Morgan fingerprint density at radius 2 is 1.56 bits per heavy atom. The maximum atomic E-state index is 14.0. The van der Waals surface area contributed by atoms with E-state index in [0.717, 1.165) is 41.7 Å². The molecule has 48 heavy (non-hydrogen) atoms. The second-order valence-corrected chi connectivity index (χ2v) is 13.4. The van der Waals surface area contributed by atoms with Crippen LogP contribution in [0.2, 0.25) is 0 Å². The highest BCUT2D eigenvalue weighted by molar-refractivity contribution is 6.01. The van der Waals surface area contributed by atoms with E-state index < -0.39 is 6.10 Å². The molecule has 0 spiro atoms. The molecule has 6 heteroatoms. The number of benzene rings is 4. The van der Waals surface area contributed by atoms with Gasteiger partial charge in [0.1, 0.15) is 5.75 Å². The normalized spacial score (nSPS) is 16.0. The van der Waals surface area contributed by atoms with Crippen LogP contribution in [0.25, 0.3) is 0 Å². The molecular formula is C42H49NO5. The minimum atomic E-state index is -0.691. The number of methoxy groups -OCH3 is 1. The minimum absolute atomic E-state index is 0.0694. The van der Waals surface area contributed by atoms with E-state index in [1.165, 1.54) is 5.56 Å². The number of aryl methyl sites for hydroxylation is 1. The summed E-state index contributed by atoms with van der Waals surface area (Å²) in [5, 5.41) is 11.8. The van der Waals surface area contributed by atoms with Gasteiger partial charge in [0.15, 0.2) is 5.78 Å². The van der Waals surface area contributed by atoms with Crippen molar-refractivity contribution in [3.05, 3.63) is 137 Å². The summed E-state index contributed by atoms with van der Waals surface area (Å²) < 4.78 is 11.3. The third kappa shape index (κ3) is 8.60. The van der Waals surface area contributed by atoms with Gasteiger partial charge in [0.2, 0.25) is 0 Å². The topological polar surface area (TPSA) is 76.1 Å². The maximum Gasteiger partial charge on any atom is 0.254 e. The fourth-order valence-electron chi connectivity index (χ4n) is 7.08. The van der Waals surface area contributed by atoms with Gasteiger partial charge < -0.3 is 19.5 Å². The number of carbonyl (C=O) groups excluding carboxylic acids is 2. The van der Waals surface area contributed by atoms with E-state index in [4.69, 9.17) is 9.47 Å². The van der Waals surface area contributed by atoms with Crippen molar-refractivity contribution in [2.24, 2.45) is 5.92 Å². The molecule has 1 heterocycles. The lowest BCUT2D eigenvalue weighted by Crippen LogP contribution is -2.36. The molecule has 0 saturated carbocycles. The molecule has 1 saturated heterocycles. The summed E-state index contributed by atoms with van der Waals surface area (Å²) in [5.41, 5.74) is 5.04. The van der Waals surface area contributed by atoms with E-state index in [2.05, 4.69) is 12.1 Å². The van der Waals surface area contributed by atoms with Crippen LogP contribution in [0.15, 0.2) is 103 Å². The molecule has 3 atom stereocenters. The Labute approximate surface area is 285 Å². The Bertz CT molecular complexity index is 1650. The van der Waals surface area contributed by atoms with Crippen molar-refractivity contribution < 1.29 is 24.2 Å². The summed E-state index contributed by atoms with van der Waals surface area (Å²) in [6.45, 7) is 5.26. The van der Waals surface area contributed by atoms with E-state index in [-0.39, 0.29) is 35.5 Å². The first-order valence-electron chi connectivity index (χ1n) is 17.1. The second kappa shape index (κ2) is 16.2.